The average molecular weight is 583 g/mol. The van der Waals surface area contributed by atoms with E-state index in [0.29, 0.717) is 26.4 Å². The molecule has 0 radical (unpaired) electrons. The number of fused-ring (bicyclic) bond motifs is 5. The molecule has 0 aromatic carbocycles. The minimum atomic E-state index is 0.624. The van der Waals surface area contributed by atoms with Gasteiger partial charge in [-0.15, -0.1) is 0 Å². The molecule has 2 aliphatic heterocycles. The van der Waals surface area contributed by atoms with Gasteiger partial charge in [0, 0.05) is 91.0 Å². The van der Waals surface area contributed by atoms with Gasteiger partial charge in [-0.2, -0.15) is 0 Å². The minimum Gasteiger partial charge on any atom is -0.378 e. The molecule has 12 nitrogen and oxygen atoms in total. The lowest BCUT2D eigenvalue weighted by molar-refractivity contribution is 0.0497. The van der Waals surface area contributed by atoms with Crippen molar-refractivity contribution < 1.29 is 9.47 Å². The van der Waals surface area contributed by atoms with Gasteiger partial charge in [-0.1, -0.05) is 12.1 Å². The summed E-state index contributed by atoms with van der Waals surface area (Å²) in [4.78, 5) is 17.9. The standard InChI is InChI=1S/C18H24N4O2.C12H26N6/c1-3-15-13-19-7-9-23-11-12-24-10-8-20-14-16-4-2-6-18(22-16)17(5-1)21-15;1-2-14-5-6-16-9-10-18-12-11-17-8-7-15-4-3-13-1/h1-6,19-20H,7-14H2;1-2,15-18H,3-12H2. The lowest BCUT2D eigenvalue weighted by Crippen LogP contribution is -2.35. The van der Waals surface area contributed by atoms with Crippen molar-refractivity contribution in [2.45, 2.75) is 13.1 Å². The number of aliphatic imine (C=N–C) groups is 2. The van der Waals surface area contributed by atoms with Crippen LogP contribution in [0.3, 0.4) is 0 Å². The van der Waals surface area contributed by atoms with Gasteiger partial charge in [-0.05, 0) is 24.3 Å². The van der Waals surface area contributed by atoms with Crippen molar-refractivity contribution in [3.8, 4) is 11.4 Å². The number of nitrogens with zero attached hydrogens (tertiary/aromatic N) is 4. The molecule has 0 saturated carbocycles. The molecular formula is C30H50N10O2. The summed E-state index contributed by atoms with van der Waals surface area (Å²) in [6, 6.07) is 12.1. The Morgan fingerprint density at radius 2 is 0.881 bits per heavy atom. The largest absolute Gasteiger partial charge is 0.378 e. The number of aromatic nitrogens is 2. The quantitative estimate of drug-likeness (QED) is 0.249. The Balaban J connectivity index is 0.000000241. The Kier molecular flexibility index (Phi) is 19.2. The van der Waals surface area contributed by atoms with Gasteiger partial charge in [-0.25, -0.2) is 9.97 Å². The van der Waals surface area contributed by atoms with Gasteiger partial charge >= 0.3 is 0 Å². The predicted octanol–water partition coefficient (Wildman–Crippen LogP) is -0.130. The first kappa shape index (κ1) is 33.8. The van der Waals surface area contributed by atoms with E-state index < -0.39 is 0 Å². The monoisotopic (exact) mass is 582 g/mol. The summed E-state index contributed by atoms with van der Waals surface area (Å²) in [6.45, 7) is 15.1. The van der Waals surface area contributed by atoms with Crippen molar-refractivity contribution in [1.82, 2.24) is 41.9 Å². The highest BCUT2D eigenvalue weighted by Gasteiger charge is 2.05. The van der Waals surface area contributed by atoms with Gasteiger partial charge in [0.25, 0.3) is 0 Å². The van der Waals surface area contributed by atoms with Crippen LogP contribution >= 0.6 is 0 Å². The average Bonchev–Trinajstić information content (AvgIpc) is 3.02. The van der Waals surface area contributed by atoms with Crippen LogP contribution in [-0.2, 0) is 22.6 Å². The van der Waals surface area contributed by atoms with E-state index >= 15 is 0 Å². The number of ether oxygens (including phenoxy) is 2. The maximum absolute atomic E-state index is 5.53. The zero-order valence-corrected chi connectivity index (χ0v) is 25.0. The van der Waals surface area contributed by atoms with E-state index in [-0.39, 0.29) is 0 Å². The SMILES string of the molecule is C1=NCCNCCNCCNCCNCCN=C1.c1cc2nc(c1)-c1cccc(n1)CNCCOCCOCCNC2. The number of nitrogens with one attached hydrogen (secondary N) is 6. The Morgan fingerprint density at radius 3 is 1.33 bits per heavy atom. The van der Waals surface area contributed by atoms with Crippen molar-refractivity contribution in [3.05, 3.63) is 47.8 Å². The molecule has 42 heavy (non-hydrogen) atoms. The van der Waals surface area contributed by atoms with Crippen LogP contribution in [0.4, 0.5) is 0 Å². The molecular weight excluding hydrogens is 532 g/mol. The number of pyridine rings is 2. The molecule has 6 N–H and O–H groups in total. The Morgan fingerprint density at radius 1 is 0.452 bits per heavy atom. The van der Waals surface area contributed by atoms with Crippen molar-refractivity contribution in [2.75, 3.05) is 105 Å². The third kappa shape index (κ3) is 16.7. The van der Waals surface area contributed by atoms with Crippen molar-refractivity contribution >= 4 is 12.4 Å². The van der Waals surface area contributed by atoms with Crippen LogP contribution in [-0.4, -0.2) is 127 Å². The van der Waals surface area contributed by atoms with E-state index in [1.54, 1.807) is 12.4 Å². The highest BCUT2D eigenvalue weighted by molar-refractivity contribution is 6.15. The lowest BCUT2D eigenvalue weighted by atomic mass is 10.2. The van der Waals surface area contributed by atoms with Crippen LogP contribution in [0.15, 0.2) is 46.4 Å². The second-order valence-corrected chi connectivity index (χ2v) is 9.72. The summed E-state index contributed by atoms with van der Waals surface area (Å²) in [6.07, 6.45) is 3.56. The number of rotatable bonds is 0. The molecule has 0 atom stereocenters. The van der Waals surface area contributed by atoms with Crippen LogP contribution < -0.4 is 31.9 Å². The first-order valence-corrected chi connectivity index (χ1v) is 15.2. The fraction of sp³-hybridized carbons (Fsp3) is 0.600. The highest BCUT2D eigenvalue weighted by atomic mass is 16.5. The van der Waals surface area contributed by atoms with E-state index in [2.05, 4.69) is 41.9 Å². The van der Waals surface area contributed by atoms with Crippen LogP contribution in [0.2, 0.25) is 0 Å². The van der Waals surface area contributed by atoms with E-state index in [4.69, 9.17) is 19.4 Å². The lowest BCUT2D eigenvalue weighted by Gasteiger charge is -2.10. The Hall–Kier alpha value is -2.68. The first-order valence-electron chi connectivity index (χ1n) is 15.2. The highest BCUT2D eigenvalue weighted by Crippen LogP contribution is 2.15. The van der Waals surface area contributed by atoms with Gasteiger partial charge in [0.05, 0.1) is 62.3 Å². The summed E-state index contributed by atoms with van der Waals surface area (Å²) < 4.78 is 11.1. The fourth-order valence-corrected chi connectivity index (χ4v) is 4.05. The van der Waals surface area contributed by atoms with Gasteiger partial charge < -0.3 is 41.4 Å². The summed E-state index contributed by atoms with van der Waals surface area (Å²) in [5, 5.41) is 20.1. The van der Waals surface area contributed by atoms with Gasteiger partial charge in [0.15, 0.2) is 0 Å². The van der Waals surface area contributed by atoms with E-state index in [1.807, 2.05) is 36.4 Å². The van der Waals surface area contributed by atoms with E-state index in [0.717, 1.165) is 114 Å². The molecule has 0 saturated heterocycles. The molecule has 4 rings (SSSR count). The minimum absolute atomic E-state index is 0.624. The topological polar surface area (TPSA) is 141 Å². The maximum atomic E-state index is 5.53. The maximum Gasteiger partial charge on any atom is 0.0890 e. The Labute approximate surface area is 251 Å². The molecule has 4 bridgehead atoms. The fourth-order valence-electron chi connectivity index (χ4n) is 4.05. The molecule has 4 heterocycles. The molecule has 0 amide bonds. The van der Waals surface area contributed by atoms with Gasteiger partial charge in [0.2, 0.25) is 0 Å². The molecule has 0 aliphatic carbocycles. The van der Waals surface area contributed by atoms with Crippen LogP contribution in [0, 0.1) is 0 Å². The second-order valence-electron chi connectivity index (χ2n) is 9.72. The summed E-state index contributed by atoms with van der Waals surface area (Å²) in [7, 11) is 0. The first-order chi connectivity index (χ1) is 20.9. The summed E-state index contributed by atoms with van der Waals surface area (Å²) >= 11 is 0. The van der Waals surface area contributed by atoms with Crippen LogP contribution in [0.1, 0.15) is 11.4 Å². The van der Waals surface area contributed by atoms with Crippen LogP contribution in [0.5, 0.6) is 0 Å². The van der Waals surface area contributed by atoms with Crippen molar-refractivity contribution in [2.24, 2.45) is 9.98 Å². The van der Waals surface area contributed by atoms with Crippen molar-refractivity contribution in [3.63, 3.8) is 0 Å². The molecule has 0 spiro atoms. The smallest absolute Gasteiger partial charge is 0.0890 e. The molecule has 0 unspecified atom stereocenters. The third-order valence-corrected chi connectivity index (χ3v) is 6.26. The zero-order chi connectivity index (χ0) is 29.2. The third-order valence-electron chi connectivity index (χ3n) is 6.26. The number of hydrogen-bond donors (Lipinski definition) is 6. The molecule has 2 aromatic heterocycles. The van der Waals surface area contributed by atoms with E-state index in [9.17, 15) is 0 Å². The van der Waals surface area contributed by atoms with Crippen LogP contribution in [0.25, 0.3) is 11.4 Å². The zero-order valence-electron chi connectivity index (χ0n) is 25.0. The molecule has 232 valence electrons. The van der Waals surface area contributed by atoms with Gasteiger partial charge in [0.1, 0.15) is 0 Å². The van der Waals surface area contributed by atoms with Gasteiger partial charge in [-0.3, -0.25) is 9.98 Å². The molecule has 2 aliphatic rings. The molecule has 0 fully saturated rings. The summed E-state index contributed by atoms with van der Waals surface area (Å²) in [5.41, 5.74) is 3.80. The summed E-state index contributed by atoms with van der Waals surface area (Å²) in [5.74, 6) is 0. The second kappa shape index (κ2) is 23.8. The van der Waals surface area contributed by atoms with E-state index in [1.165, 1.54) is 0 Å². The number of hydrogen-bond acceptors (Lipinski definition) is 12. The van der Waals surface area contributed by atoms with Crippen molar-refractivity contribution in [1.29, 1.82) is 0 Å². The molecule has 12 heteroatoms. The normalized spacial score (nSPS) is 19.6. The molecule has 2 aromatic rings. The Bertz CT molecular complexity index is 928. The predicted molar refractivity (Wildman–Crippen MR) is 171 cm³/mol.